The molecule has 0 bridgehead atoms. The van der Waals surface area contributed by atoms with E-state index in [0.29, 0.717) is 30.5 Å². The first-order valence-corrected chi connectivity index (χ1v) is 13.1. The number of para-hydroxylation sites is 1. The number of benzene rings is 1. The topological polar surface area (TPSA) is 139 Å². The van der Waals surface area contributed by atoms with Gasteiger partial charge in [0.05, 0.1) is 13.1 Å². The minimum atomic E-state index is -0.551. The number of amides is 2. The number of aromatic amines is 1. The third-order valence-corrected chi connectivity index (χ3v) is 7.63. The molecule has 9 nitrogen and oxygen atoms in total. The number of nitrogens with one attached hydrogen (secondary N) is 3. The zero-order valence-corrected chi connectivity index (χ0v) is 21.8. The van der Waals surface area contributed by atoms with Crippen molar-refractivity contribution in [3.63, 3.8) is 0 Å². The van der Waals surface area contributed by atoms with Gasteiger partial charge in [-0.25, -0.2) is 0 Å². The van der Waals surface area contributed by atoms with E-state index in [0.717, 1.165) is 48.6 Å². The van der Waals surface area contributed by atoms with Gasteiger partial charge in [0.2, 0.25) is 17.7 Å². The van der Waals surface area contributed by atoms with Crippen molar-refractivity contribution in [2.45, 2.75) is 64.8 Å². The van der Waals surface area contributed by atoms with Gasteiger partial charge in [-0.3, -0.25) is 9.59 Å². The Bertz CT molecular complexity index is 1250. The van der Waals surface area contributed by atoms with E-state index in [2.05, 4.69) is 41.2 Å². The third-order valence-electron chi connectivity index (χ3n) is 7.63. The molecule has 1 aliphatic carbocycles. The van der Waals surface area contributed by atoms with Crippen molar-refractivity contribution in [1.29, 1.82) is 0 Å². The molecule has 1 aliphatic rings. The van der Waals surface area contributed by atoms with Crippen LogP contribution in [0.5, 0.6) is 0 Å². The number of fused-ring (bicyclic) bond motifs is 1. The molecule has 2 heterocycles. The summed E-state index contributed by atoms with van der Waals surface area (Å²) in [6.07, 6.45) is 8.44. The van der Waals surface area contributed by atoms with Crippen LogP contribution in [0.15, 0.2) is 47.1 Å². The molecule has 2 amide bonds. The summed E-state index contributed by atoms with van der Waals surface area (Å²) >= 11 is 0. The van der Waals surface area contributed by atoms with Crippen LogP contribution in [0.3, 0.4) is 0 Å². The molecule has 0 aliphatic heterocycles. The van der Waals surface area contributed by atoms with Gasteiger partial charge in [-0.1, -0.05) is 55.8 Å². The fourth-order valence-corrected chi connectivity index (χ4v) is 5.62. The molecule has 37 heavy (non-hydrogen) atoms. The lowest BCUT2D eigenvalue weighted by Crippen LogP contribution is -2.41. The highest BCUT2D eigenvalue weighted by Gasteiger charge is 2.37. The highest BCUT2D eigenvalue weighted by atomic mass is 16.5. The molecule has 0 radical (unpaired) electrons. The van der Waals surface area contributed by atoms with Gasteiger partial charge >= 0.3 is 0 Å². The summed E-state index contributed by atoms with van der Waals surface area (Å²) in [4.78, 5) is 32.3. The quantitative estimate of drug-likeness (QED) is 0.292. The van der Waals surface area contributed by atoms with Crippen LogP contribution >= 0.6 is 0 Å². The molecule has 4 rings (SSSR count). The molecular formula is C28H38N6O3. The van der Waals surface area contributed by atoms with Gasteiger partial charge in [-0.2, -0.15) is 4.98 Å². The van der Waals surface area contributed by atoms with Crippen LogP contribution < -0.4 is 16.4 Å². The maximum absolute atomic E-state index is 12.7. The molecule has 9 heteroatoms. The Morgan fingerprint density at radius 2 is 2.11 bits per heavy atom. The summed E-state index contributed by atoms with van der Waals surface area (Å²) in [5.74, 6) is 0.881. The number of hydrogen-bond acceptors (Lipinski definition) is 6. The smallest absolute Gasteiger partial charge is 0.249 e. The normalized spacial score (nSPS) is 20.6. The Kier molecular flexibility index (Phi) is 8.43. The van der Waals surface area contributed by atoms with Crippen molar-refractivity contribution >= 4 is 22.7 Å². The van der Waals surface area contributed by atoms with E-state index in [1.807, 2.05) is 30.5 Å². The van der Waals surface area contributed by atoms with Crippen LogP contribution in [0.4, 0.5) is 0 Å². The van der Waals surface area contributed by atoms with Crippen molar-refractivity contribution in [3.05, 3.63) is 59.9 Å². The highest BCUT2D eigenvalue weighted by Crippen LogP contribution is 2.46. The average molecular weight is 507 g/mol. The molecule has 3 atom stereocenters. The zero-order chi connectivity index (χ0) is 26.4. The molecule has 198 valence electrons. The van der Waals surface area contributed by atoms with Crippen LogP contribution in [0.2, 0.25) is 0 Å². The number of hydrogen-bond donors (Lipinski definition) is 4. The Labute approximate surface area is 217 Å². The fraction of sp³-hybridized carbons (Fsp3) is 0.500. The Morgan fingerprint density at radius 1 is 1.30 bits per heavy atom. The SMILES string of the molecule is C=C1CC(CC)CC(CC)(Cc2noc(C(Cc3c[nH]c4ccccc34)NC(=O)CNC(=O)CN)n2)C1. The number of nitrogens with zero attached hydrogens (tertiary/aromatic N) is 2. The summed E-state index contributed by atoms with van der Waals surface area (Å²) in [6.45, 7) is 8.42. The van der Waals surface area contributed by atoms with E-state index < -0.39 is 11.9 Å². The Balaban J connectivity index is 1.55. The predicted molar refractivity (Wildman–Crippen MR) is 142 cm³/mol. The molecular weight excluding hydrogens is 468 g/mol. The monoisotopic (exact) mass is 506 g/mol. The van der Waals surface area contributed by atoms with Gasteiger partial charge in [-0.05, 0) is 48.6 Å². The molecule has 1 fully saturated rings. The van der Waals surface area contributed by atoms with E-state index in [1.54, 1.807) is 0 Å². The molecule has 3 aromatic rings. The van der Waals surface area contributed by atoms with Crippen LogP contribution in [-0.2, 0) is 22.4 Å². The number of aromatic nitrogens is 3. The molecule has 1 saturated carbocycles. The van der Waals surface area contributed by atoms with Crippen LogP contribution in [0.1, 0.15) is 69.3 Å². The third kappa shape index (κ3) is 6.46. The zero-order valence-electron chi connectivity index (χ0n) is 21.8. The summed E-state index contributed by atoms with van der Waals surface area (Å²) in [5.41, 5.74) is 8.73. The second-order valence-corrected chi connectivity index (χ2v) is 10.4. The van der Waals surface area contributed by atoms with Gasteiger partial charge < -0.3 is 25.9 Å². The van der Waals surface area contributed by atoms with Crippen LogP contribution in [0.25, 0.3) is 10.9 Å². The molecule has 0 saturated heterocycles. The molecule has 1 aromatic carbocycles. The lowest BCUT2D eigenvalue weighted by atomic mass is 9.64. The molecule has 2 aromatic heterocycles. The van der Waals surface area contributed by atoms with Crippen molar-refractivity contribution in [3.8, 4) is 0 Å². The van der Waals surface area contributed by atoms with Gasteiger partial charge in [0.1, 0.15) is 6.04 Å². The fourth-order valence-electron chi connectivity index (χ4n) is 5.62. The largest absolute Gasteiger partial charge is 0.361 e. The molecule has 0 spiro atoms. The predicted octanol–water partition coefficient (Wildman–Crippen LogP) is 3.73. The number of rotatable bonds is 11. The first kappa shape index (κ1) is 26.6. The first-order chi connectivity index (χ1) is 17.8. The number of carbonyl (C=O) groups excluding carboxylic acids is 2. The summed E-state index contributed by atoms with van der Waals surface area (Å²) in [5, 5.41) is 10.9. The van der Waals surface area contributed by atoms with E-state index in [1.165, 1.54) is 5.57 Å². The first-order valence-electron chi connectivity index (χ1n) is 13.1. The van der Waals surface area contributed by atoms with Gasteiger partial charge in [0.25, 0.3) is 0 Å². The van der Waals surface area contributed by atoms with Gasteiger partial charge in [0.15, 0.2) is 5.82 Å². The molecule has 3 unspecified atom stereocenters. The maximum atomic E-state index is 12.7. The summed E-state index contributed by atoms with van der Waals surface area (Å²) < 4.78 is 5.73. The van der Waals surface area contributed by atoms with Gasteiger partial charge in [0, 0.05) is 29.9 Å². The summed E-state index contributed by atoms with van der Waals surface area (Å²) in [6, 6.07) is 7.44. The van der Waals surface area contributed by atoms with Crippen molar-refractivity contribution in [2.24, 2.45) is 17.1 Å². The minimum absolute atomic E-state index is 0.0687. The second-order valence-electron chi connectivity index (χ2n) is 10.4. The van der Waals surface area contributed by atoms with Crippen molar-refractivity contribution in [1.82, 2.24) is 25.8 Å². The average Bonchev–Trinajstić information content (AvgIpc) is 3.53. The van der Waals surface area contributed by atoms with Gasteiger partial charge in [-0.15, -0.1) is 0 Å². The number of allylic oxidation sites excluding steroid dienone is 1. The standard InChI is InChI=1S/C28H38N6O3/c1-4-19-10-18(3)12-28(5-2,13-19)14-24-33-27(37-34-24)23(32-26(36)17-31-25(35)15-29)11-20-16-30-22-9-7-6-8-21(20)22/h6-9,16,19,23,30H,3-5,10-15,17,29H2,1-2H3,(H,31,35)(H,32,36). The highest BCUT2D eigenvalue weighted by molar-refractivity contribution is 5.86. The Hall–Kier alpha value is -3.46. The van der Waals surface area contributed by atoms with E-state index >= 15 is 0 Å². The van der Waals surface area contributed by atoms with Crippen LogP contribution in [-0.4, -0.2) is 40.0 Å². The van der Waals surface area contributed by atoms with Crippen LogP contribution in [0, 0.1) is 11.3 Å². The van der Waals surface area contributed by atoms with E-state index in [4.69, 9.17) is 15.2 Å². The number of H-pyrrole nitrogens is 1. The van der Waals surface area contributed by atoms with E-state index in [-0.39, 0.29) is 24.4 Å². The maximum Gasteiger partial charge on any atom is 0.249 e. The molecule has 5 N–H and O–H groups in total. The number of carbonyl (C=O) groups is 2. The minimum Gasteiger partial charge on any atom is -0.361 e. The van der Waals surface area contributed by atoms with E-state index in [9.17, 15) is 9.59 Å². The lowest BCUT2D eigenvalue weighted by molar-refractivity contribution is -0.125. The van der Waals surface area contributed by atoms with Crippen molar-refractivity contribution in [2.75, 3.05) is 13.1 Å². The lowest BCUT2D eigenvalue weighted by Gasteiger charge is -2.41. The van der Waals surface area contributed by atoms with Crippen molar-refractivity contribution < 1.29 is 14.1 Å². The Morgan fingerprint density at radius 3 is 2.86 bits per heavy atom. The summed E-state index contributed by atoms with van der Waals surface area (Å²) in [7, 11) is 0. The second kappa shape index (κ2) is 11.7. The number of nitrogens with two attached hydrogens (primary N) is 1.